The topological polar surface area (TPSA) is 154 Å². The van der Waals surface area contributed by atoms with Gasteiger partial charge < -0.3 is 28.8 Å². The molecular weight excluding hydrogens is 587 g/mol. The molecule has 0 spiro atoms. The lowest BCUT2D eigenvalue weighted by Crippen LogP contribution is -2.46. The monoisotopic (exact) mass is 626 g/mol. The number of ether oxygens (including phenoxy) is 2. The first-order chi connectivity index (χ1) is 20.9. The number of fused-ring (bicyclic) bond motifs is 2. The predicted molar refractivity (Wildman–Crippen MR) is 164 cm³/mol. The molecule has 2 aromatic heterocycles. The van der Waals surface area contributed by atoms with E-state index in [4.69, 9.17) is 18.5 Å². The average molecular weight is 627 g/mol. The van der Waals surface area contributed by atoms with E-state index in [2.05, 4.69) is 15.1 Å². The second kappa shape index (κ2) is 12.9. The van der Waals surface area contributed by atoms with Crippen LogP contribution < -0.4 is 9.61 Å². The fourth-order valence-electron chi connectivity index (χ4n) is 5.33. The highest BCUT2D eigenvalue weighted by atomic mass is 31.2. The zero-order valence-corrected chi connectivity index (χ0v) is 26.3. The second-order valence-corrected chi connectivity index (χ2v) is 12.9. The van der Waals surface area contributed by atoms with Crippen molar-refractivity contribution in [1.82, 2.24) is 19.6 Å². The molecule has 1 aliphatic heterocycles. The number of benzene rings is 2. The van der Waals surface area contributed by atoms with E-state index in [9.17, 15) is 19.6 Å². The van der Waals surface area contributed by atoms with Crippen LogP contribution in [0, 0.1) is 6.92 Å². The van der Waals surface area contributed by atoms with Gasteiger partial charge in [0.1, 0.15) is 41.6 Å². The average Bonchev–Trinajstić information content (AvgIpc) is 3.51. The summed E-state index contributed by atoms with van der Waals surface area (Å²) in [6, 6.07) is 13.5. The predicted octanol–water partition coefficient (Wildman–Crippen LogP) is 4.82. The Morgan fingerprint density at radius 3 is 2.68 bits per heavy atom. The molecule has 12 nitrogen and oxygen atoms in total. The standard InChI is InChI=1S/C31H39N4O8P/c1-6-7-17-40-29(37)20(3)34-44(39,43-25-14-10-12-22-11-8-9-13-24(22)25)42-21(4)26-27(36)31(5,38)30(41-26)35-16-15-23-19(2)32-18-33-28(23)35/h8-16,18,20-21,26-27,30,36,38H,6-7,17H2,1-5H3,(H,34,39)/t20-,21?,26+,27+,30+,31+,44?/m0/s1. The molecule has 7 atom stereocenters. The van der Waals surface area contributed by atoms with Crippen molar-refractivity contribution in [3.8, 4) is 5.75 Å². The van der Waals surface area contributed by atoms with Crippen LogP contribution in [0.15, 0.2) is 61.1 Å². The minimum atomic E-state index is -4.35. The third kappa shape index (κ3) is 6.37. The number of nitrogens with one attached hydrogen (secondary N) is 1. The fraction of sp³-hybridized carbons (Fsp3) is 0.452. The summed E-state index contributed by atoms with van der Waals surface area (Å²) < 4.78 is 39.7. The number of aliphatic hydroxyl groups excluding tert-OH is 1. The van der Waals surface area contributed by atoms with E-state index >= 15 is 0 Å². The molecular formula is C31H39N4O8P. The molecule has 44 heavy (non-hydrogen) atoms. The Hall–Kier alpha value is -3.38. The Morgan fingerprint density at radius 1 is 1.16 bits per heavy atom. The maximum atomic E-state index is 14.4. The van der Waals surface area contributed by atoms with Crippen molar-refractivity contribution >= 4 is 35.5 Å². The van der Waals surface area contributed by atoms with Crippen molar-refractivity contribution in [3.63, 3.8) is 0 Å². The minimum absolute atomic E-state index is 0.226. The maximum absolute atomic E-state index is 14.4. The highest BCUT2D eigenvalue weighted by molar-refractivity contribution is 7.52. The number of carbonyl (C=O) groups is 1. The summed E-state index contributed by atoms with van der Waals surface area (Å²) in [5.74, 6) is -0.349. The van der Waals surface area contributed by atoms with Crippen molar-refractivity contribution in [2.75, 3.05) is 6.61 Å². The number of aryl methyl sites for hydroxylation is 1. The Balaban J connectivity index is 1.42. The minimum Gasteiger partial charge on any atom is -0.465 e. The number of rotatable bonds is 12. The van der Waals surface area contributed by atoms with E-state index in [0.29, 0.717) is 17.5 Å². The zero-order chi connectivity index (χ0) is 31.6. The smallest absolute Gasteiger partial charge is 0.459 e. The van der Waals surface area contributed by atoms with E-state index in [1.807, 2.05) is 44.2 Å². The third-order valence-electron chi connectivity index (χ3n) is 7.84. The Morgan fingerprint density at radius 2 is 1.91 bits per heavy atom. The van der Waals surface area contributed by atoms with Crippen LogP contribution in [0.3, 0.4) is 0 Å². The van der Waals surface area contributed by atoms with Gasteiger partial charge in [-0.1, -0.05) is 49.7 Å². The second-order valence-electron chi connectivity index (χ2n) is 11.3. The molecule has 0 bridgehead atoms. The number of esters is 1. The van der Waals surface area contributed by atoms with Gasteiger partial charge in [0.2, 0.25) is 0 Å². The highest BCUT2D eigenvalue weighted by Crippen LogP contribution is 2.50. The van der Waals surface area contributed by atoms with Gasteiger partial charge in [0.25, 0.3) is 0 Å². The van der Waals surface area contributed by atoms with Crippen molar-refractivity contribution in [1.29, 1.82) is 0 Å². The van der Waals surface area contributed by atoms with Gasteiger partial charge in [0.15, 0.2) is 6.23 Å². The van der Waals surface area contributed by atoms with Crippen molar-refractivity contribution in [2.45, 2.75) is 83.6 Å². The van der Waals surface area contributed by atoms with Crippen LogP contribution in [0.4, 0.5) is 0 Å². The van der Waals surface area contributed by atoms with Crippen LogP contribution in [0.2, 0.25) is 0 Å². The maximum Gasteiger partial charge on any atom is 0.459 e. The van der Waals surface area contributed by atoms with Gasteiger partial charge in [0, 0.05) is 17.0 Å². The summed E-state index contributed by atoms with van der Waals surface area (Å²) in [4.78, 5) is 21.3. The summed E-state index contributed by atoms with van der Waals surface area (Å²) in [6.45, 7) is 8.56. The van der Waals surface area contributed by atoms with Crippen molar-refractivity contribution < 1.29 is 38.1 Å². The Bertz CT molecular complexity index is 1670. The van der Waals surface area contributed by atoms with E-state index in [1.54, 1.807) is 35.9 Å². The molecule has 4 aromatic rings. The summed E-state index contributed by atoms with van der Waals surface area (Å²) in [5.41, 5.74) is -0.511. The SMILES string of the molecule is CCCCOC(=O)[C@H](C)NP(=O)(Oc1cccc2ccccc12)OC(C)[C@H]1O[C@@H](n2ccc3c(C)ncnc32)[C@](C)(O)[C@@H]1O. The lowest BCUT2D eigenvalue weighted by Gasteiger charge is -2.30. The Kier molecular flexibility index (Phi) is 9.41. The van der Waals surface area contributed by atoms with E-state index in [1.165, 1.54) is 20.2 Å². The van der Waals surface area contributed by atoms with Gasteiger partial charge in [0.05, 0.1) is 18.4 Å². The molecule has 13 heteroatoms. The number of carbonyl (C=O) groups excluding carboxylic acids is 1. The van der Waals surface area contributed by atoms with Gasteiger partial charge in [-0.15, -0.1) is 0 Å². The lowest BCUT2D eigenvalue weighted by atomic mass is 9.94. The zero-order valence-electron chi connectivity index (χ0n) is 25.4. The van der Waals surface area contributed by atoms with Crippen LogP contribution in [-0.2, 0) is 23.4 Å². The van der Waals surface area contributed by atoms with Gasteiger partial charge >= 0.3 is 13.7 Å². The summed E-state index contributed by atoms with van der Waals surface area (Å²) in [6.07, 6.45) is -0.0875. The fourth-order valence-corrected chi connectivity index (χ4v) is 7.05. The number of hydrogen-bond donors (Lipinski definition) is 3. The van der Waals surface area contributed by atoms with Crippen LogP contribution in [0.25, 0.3) is 21.8 Å². The van der Waals surface area contributed by atoms with E-state index < -0.39 is 49.9 Å². The Labute approximate surface area is 255 Å². The molecule has 5 rings (SSSR count). The molecule has 2 unspecified atom stereocenters. The van der Waals surface area contributed by atoms with Crippen LogP contribution in [0.5, 0.6) is 5.75 Å². The normalized spacial score (nSPS) is 24.7. The quantitative estimate of drug-likeness (QED) is 0.113. The van der Waals surface area contributed by atoms with Crippen LogP contribution in [0.1, 0.15) is 52.5 Å². The molecule has 3 N–H and O–H groups in total. The molecule has 1 aliphatic rings. The largest absolute Gasteiger partial charge is 0.465 e. The summed E-state index contributed by atoms with van der Waals surface area (Å²) in [7, 11) is -4.35. The molecule has 1 saturated heterocycles. The molecule has 0 radical (unpaired) electrons. The van der Waals surface area contributed by atoms with E-state index in [-0.39, 0.29) is 12.4 Å². The number of aromatic nitrogens is 3. The molecule has 1 fully saturated rings. The molecule has 3 heterocycles. The molecule has 0 saturated carbocycles. The van der Waals surface area contributed by atoms with Crippen LogP contribution >= 0.6 is 7.75 Å². The third-order valence-corrected chi connectivity index (χ3v) is 9.59. The number of aliphatic hydroxyl groups is 2. The molecule has 236 valence electrons. The first-order valence-electron chi connectivity index (χ1n) is 14.7. The van der Waals surface area contributed by atoms with Crippen molar-refractivity contribution in [3.05, 3.63) is 66.7 Å². The van der Waals surface area contributed by atoms with Gasteiger partial charge in [-0.2, -0.15) is 5.09 Å². The highest BCUT2D eigenvalue weighted by Gasteiger charge is 2.56. The number of unbranched alkanes of at least 4 members (excludes halogenated alkanes) is 1. The first-order valence-corrected chi connectivity index (χ1v) is 16.2. The summed E-state index contributed by atoms with van der Waals surface area (Å²) in [5, 5.41) is 27.7. The number of hydrogen-bond acceptors (Lipinski definition) is 10. The lowest BCUT2D eigenvalue weighted by molar-refractivity contribution is -0.145. The molecule has 2 aromatic carbocycles. The summed E-state index contributed by atoms with van der Waals surface area (Å²) >= 11 is 0. The molecule has 0 aliphatic carbocycles. The van der Waals surface area contributed by atoms with Crippen molar-refractivity contribution in [2.24, 2.45) is 0 Å². The number of nitrogens with zero attached hydrogens (tertiary/aromatic N) is 3. The first kappa shape index (κ1) is 32.0. The van der Waals surface area contributed by atoms with Gasteiger partial charge in [-0.25, -0.2) is 14.5 Å². The van der Waals surface area contributed by atoms with Gasteiger partial charge in [-0.3, -0.25) is 9.32 Å². The van der Waals surface area contributed by atoms with Gasteiger partial charge in [-0.05, 0) is 51.6 Å². The van der Waals surface area contributed by atoms with Crippen LogP contribution in [-0.4, -0.2) is 67.3 Å². The van der Waals surface area contributed by atoms with E-state index in [0.717, 1.165) is 22.9 Å². The molecule has 0 amide bonds.